The summed E-state index contributed by atoms with van der Waals surface area (Å²) in [5.41, 5.74) is 5.17. The largest absolute Gasteiger partial charge is 0.352 e. The predicted octanol–water partition coefficient (Wildman–Crippen LogP) is 6.05. The van der Waals surface area contributed by atoms with Crippen LogP contribution in [0, 0.1) is 13.8 Å². The zero-order chi connectivity index (χ0) is 25.4. The van der Waals surface area contributed by atoms with Crippen LogP contribution in [0.25, 0.3) is 0 Å². The van der Waals surface area contributed by atoms with Crippen molar-refractivity contribution in [3.05, 3.63) is 106 Å². The molecular formula is C30H35ClN2O2. The van der Waals surface area contributed by atoms with Gasteiger partial charge in [0.25, 0.3) is 0 Å². The molecule has 1 N–H and O–H groups in total. The van der Waals surface area contributed by atoms with Gasteiger partial charge in [0.1, 0.15) is 6.04 Å². The summed E-state index contributed by atoms with van der Waals surface area (Å²) in [6, 6.07) is 22.8. The Balaban J connectivity index is 1.98. The summed E-state index contributed by atoms with van der Waals surface area (Å²) in [6.07, 6.45) is 1.47. The fraction of sp³-hybridized carbons (Fsp3) is 0.333. The molecule has 0 bridgehead atoms. The third-order valence-electron chi connectivity index (χ3n) is 6.44. The molecule has 0 radical (unpaired) electrons. The first-order chi connectivity index (χ1) is 16.8. The number of carbonyl (C=O) groups excluding carboxylic acids is 2. The molecule has 0 aliphatic carbocycles. The van der Waals surface area contributed by atoms with E-state index in [0.29, 0.717) is 18.0 Å². The second kappa shape index (κ2) is 12.6. The lowest BCUT2D eigenvalue weighted by atomic mass is 10.00. The van der Waals surface area contributed by atoms with Crippen LogP contribution in [-0.2, 0) is 29.0 Å². The van der Waals surface area contributed by atoms with Crippen LogP contribution in [0.4, 0.5) is 0 Å². The molecule has 0 heterocycles. The van der Waals surface area contributed by atoms with Crippen molar-refractivity contribution in [2.24, 2.45) is 0 Å². The van der Waals surface area contributed by atoms with Crippen LogP contribution in [0.1, 0.15) is 48.1 Å². The van der Waals surface area contributed by atoms with Crippen LogP contribution < -0.4 is 5.32 Å². The molecule has 2 amide bonds. The summed E-state index contributed by atoms with van der Waals surface area (Å²) in [5.74, 6) is -0.230. The Labute approximate surface area is 214 Å². The van der Waals surface area contributed by atoms with Gasteiger partial charge in [0, 0.05) is 24.0 Å². The van der Waals surface area contributed by atoms with Gasteiger partial charge >= 0.3 is 0 Å². The molecule has 184 valence electrons. The van der Waals surface area contributed by atoms with Gasteiger partial charge < -0.3 is 10.2 Å². The molecular weight excluding hydrogens is 456 g/mol. The number of amides is 2. The molecule has 5 heteroatoms. The lowest BCUT2D eigenvalue weighted by Crippen LogP contribution is -2.52. The highest BCUT2D eigenvalue weighted by Crippen LogP contribution is 2.20. The first-order valence-corrected chi connectivity index (χ1v) is 12.6. The Morgan fingerprint density at radius 3 is 2.26 bits per heavy atom. The van der Waals surface area contributed by atoms with Gasteiger partial charge in [-0.2, -0.15) is 0 Å². The highest BCUT2D eigenvalue weighted by atomic mass is 35.5. The Morgan fingerprint density at radius 1 is 0.886 bits per heavy atom. The van der Waals surface area contributed by atoms with Gasteiger partial charge in [-0.3, -0.25) is 9.59 Å². The van der Waals surface area contributed by atoms with Crippen molar-refractivity contribution >= 4 is 23.4 Å². The van der Waals surface area contributed by atoms with E-state index in [4.69, 9.17) is 11.6 Å². The van der Waals surface area contributed by atoms with E-state index in [1.165, 1.54) is 5.56 Å². The van der Waals surface area contributed by atoms with E-state index in [-0.39, 0.29) is 24.3 Å². The molecule has 0 spiro atoms. The molecule has 0 aromatic heterocycles. The molecule has 0 saturated carbocycles. The van der Waals surface area contributed by atoms with Crippen molar-refractivity contribution in [3.8, 4) is 0 Å². The van der Waals surface area contributed by atoms with Crippen molar-refractivity contribution in [2.45, 2.75) is 65.6 Å². The molecule has 2 atom stereocenters. The maximum Gasteiger partial charge on any atom is 0.243 e. The summed E-state index contributed by atoms with van der Waals surface area (Å²) < 4.78 is 0. The van der Waals surface area contributed by atoms with E-state index >= 15 is 0 Å². The van der Waals surface area contributed by atoms with Gasteiger partial charge in [0.2, 0.25) is 11.8 Å². The lowest BCUT2D eigenvalue weighted by molar-refractivity contribution is -0.141. The molecule has 4 nitrogen and oxygen atoms in total. The topological polar surface area (TPSA) is 49.4 Å². The highest BCUT2D eigenvalue weighted by molar-refractivity contribution is 6.30. The van der Waals surface area contributed by atoms with E-state index in [0.717, 1.165) is 28.7 Å². The maximum absolute atomic E-state index is 13.8. The van der Waals surface area contributed by atoms with Crippen molar-refractivity contribution in [3.63, 3.8) is 0 Å². The number of aryl methyl sites for hydroxylation is 2. The SMILES string of the molecule is CC[C@@H](C)NC(=O)[C@H](Cc1ccccc1)N(Cc1cccc(Cl)c1)C(=O)Cc1ccc(C)c(C)c1. The minimum atomic E-state index is -0.649. The summed E-state index contributed by atoms with van der Waals surface area (Å²) in [5, 5.41) is 3.71. The zero-order valence-corrected chi connectivity index (χ0v) is 21.8. The van der Waals surface area contributed by atoms with Gasteiger partial charge in [-0.1, -0.05) is 79.2 Å². The van der Waals surface area contributed by atoms with Crippen LogP contribution in [-0.4, -0.2) is 28.8 Å². The predicted molar refractivity (Wildman–Crippen MR) is 143 cm³/mol. The van der Waals surface area contributed by atoms with Crippen LogP contribution in [0.5, 0.6) is 0 Å². The number of hydrogen-bond acceptors (Lipinski definition) is 2. The van der Waals surface area contributed by atoms with E-state index in [1.54, 1.807) is 4.90 Å². The third kappa shape index (κ3) is 7.69. The van der Waals surface area contributed by atoms with Crippen molar-refractivity contribution in [1.82, 2.24) is 10.2 Å². The molecule has 0 saturated heterocycles. The Bertz CT molecular complexity index is 1150. The van der Waals surface area contributed by atoms with Crippen molar-refractivity contribution < 1.29 is 9.59 Å². The molecule has 0 unspecified atom stereocenters. The fourth-order valence-corrected chi connectivity index (χ4v) is 4.23. The quantitative estimate of drug-likeness (QED) is 0.376. The number of halogens is 1. The standard InChI is InChI=1S/C30H35ClN2O2/c1-5-23(4)32-30(35)28(18-24-10-7-6-8-11-24)33(20-26-12-9-13-27(31)17-26)29(34)19-25-15-14-21(2)22(3)16-25/h6-17,23,28H,5,18-20H2,1-4H3,(H,32,35)/t23-,28+/m1/s1. The fourth-order valence-electron chi connectivity index (χ4n) is 4.02. The van der Waals surface area contributed by atoms with Gasteiger partial charge in [-0.25, -0.2) is 0 Å². The smallest absolute Gasteiger partial charge is 0.243 e. The van der Waals surface area contributed by atoms with Gasteiger partial charge in [-0.05, 0) is 67.1 Å². The summed E-state index contributed by atoms with van der Waals surface area (Å²) >= 11 is 6.25. The van der Waals surface area contributed by atoms with E-state index in [1.807, 2.05) is 87.5 Å². The first kappa shape index (κ1) is 26.5. The van der Waals surface area contributed by atoms with Crippen LogP contribution in [0.2, 0.25) is 5.02 Å². The number of nitrogens with zero attached hydrogens (tertiary/aromatic N) is 1. The molecule has 0 aliphatic heterocycles. The van der Waals surface area contributed by atoms with Gasteiger partial charge in [0.15, 0.2) is 0 Å². The number of nitrogens with one attached hydrogen (secondary N) is 1. The Hall–Kier alpha value is -3.11. The van der Waals surface area contributed by atoms with Gasteiger partial charge in [0.05, 0.1) is 6.42 Å². The lowest BCUT2D eigenvalue weighted by Gasteiger charge is -2.32. The number of rotatable bonds is 10. The number of hydrogen-bond donors (Lipinski definition) is 1. The van der Waals surface area contributed by atoms with Crippen LogP contribution >= 0.6 is 11.6 Å². The second-order valence-corrected chi connectivity index (χ2v) is 9.71. The summed E-state index contributed by atoms with van der Waals surface area (Å²) in [7, 11) is 0. The zero-order valence-electron chi connectivity index (χ0n) is 21.1. The van der Waals surface area contributed by atoms with Crippen LogP contribution in [0.15, 0.2) is 72.8 Å². The van der Waals surface area contributed by atoms with E-state index in [9.17, 15) is 9.59 Å². The monoisotopic (exact) mass is 490 g/mol. The number of carbonyl (C=O) groups is 2. The Kier molecular flexibility index (Phi) is 9.50. The highest BCUT2D eigenvalue weighted by Gasteiger charge is 2.31. The molecule has 3 rings (SSSR count). The van der Waals surface area contributed by atoms with E-state index in [2.05, 4.69) is 18.3 Å². The van der Waals surface area contributed by atoms with Crippen LogP contribution in [0.3, 0.4) is 0 Å². The summed E-state index contributed by atoms with van der Waals surface area (Å²) in [4.78, 5) is 29.1. The van der Waals surface area contributed by atoms with E-state index < -0.39 is 6.04 Å². The van der Waals surface area contributed by atoms with Gasteiger partial charge in [-0.15, -0.1) is 0 Å². The second-order valence-electron chi connectivity index (χ2n) is 9.27. The molecule has 3 aromatic carbocycles. The number of benzene rings is 3. The third-order valence-corrected chi connectivity index (χ3v) is 6.68. The van der Waals surface area contributed by atoms with Crippen molar-refractivity contribution in [2.75, 3.05) is 0 Å². The molecule has 35 heavy (non-hydrogen) atoms. The first-order valence-electron chi connectivity index (χ1n) is 12.2. The molecule has 0 fully saturated rings. The normalized spacial score (nSPS) is 12.6. The molecule has 3 aromatic rings. The maximum atomic E-state index is 13.8. The van der Waals surface area contributed by atoms with Crippen molar-refractivity contribution in [1.29, 1.82) is 0 Å². The minimum Gasteiger partial charge on any atom is -0.352 e. The average Bonchev–Trinajstić information content (AvgIpc) is 2.84. The summed E-state index contributed by atoms with van der Waals surface area (Å²) in [6.45, 7) is 8.42. The molecule has 0 aliphatic rings. The average molecular weight is 491 g/mol. The Morgan fingerprint density at radius 2 is 1.60 bits per heavy atom. The minimum absolute atomic E-state index is 0.0173.